The molecule has 1 unspecified atom stereocenters. The lowest BCUT2D eigenvalue weighted by atomic mass is 10.1. The third-order valence-corrected chi connectivity index (χ3v) is 4.84. The molecule has 1 N–H and O–H groups in total. The first kappa shape index (κ1) is 17.4. The van der Waals surface area contributed by atoms with Crippen molar-refractivity contribution in [1.82, 2.24) is 14.5 Å². The Morgan fingerprint density at radius 1 is 1.11 bits per heavy atom. The summed E-state index contributed by atoms with van der Waals surface area (Å²) in [4.78, 5) is 9.06. The summed E-state index contributed by atoms with van der Waals surface area (Å²) in [5, 5.41) is 5.93. The Balaban J connectivity index is 1.76. The second kappa shape index (κ2) is 7.29. The highest BCUT2D eigenvalue weighted by molar-refractivity contribution is 6.34. The van der Waals surface area contributed by atoms with Gasteiger partial charge in [-0.05, 0) is 29.1 Å². The summed E-state index contributed by atoms with van der Waals surface area (Å²) in [5.74, 6) is 2.39. The van der Waals surface area contributed by atoms with Gasteiger partial charge in [-0.2, -0.15) is 0 Å². The third kappa shape index (κ3) is 3.46. The number of benzene rings is 2. The molecule has 0 saturated heterocycles. The number of hydrogen-bond acceptors (Lipinski definition) is 4. The maximum Gasteiger partial charge on any atom is 0.139 e. The fraction of sp³-hybridized carbons (Fsp3) is 0.143. The van der Waals surface area contributed by atoms with Crippen LogP contribution in [0.5, 0.6) is 5.75 Å². The molecule has 0 bridgehead atoms. The van der Waals surface area contributed by atoms with E-state index in [4.69, 9.17) is 16.3 Å². The molecular weight excluding hydrogens is 360 g/mol. The monoisotopic (exact) mass is 378 g/mol. The Morgan fingerprint density at radius 3 is 2.59 bits per heavy atom. The minimum atomic E-state index is -0.180. The summed E-state index contributed by atoms with van der Waals surface area (Å²) < 4.78 is 7.27. The average Bonchev–Trinajstić information content (AvgIpc) is 3.12. The van der Waals surface area contributed by atoms with Crippen molar-refractivity contribution >= 4 is 28.2 Å². The van der Waals surface area contributed by atoms with Crippen molar-refractivity contribution < 1.29 is 4.74 Å². The fourth-order valence-corrected chi connectivity index (χ4v) is 3.39. The largest absolute Gasteiger partial charge is 0.497 e. The molecule has 4 rings (SSSR count). The van der Waals surface area contributed by atoms with Crippen LogP contribution < -0.4 is 10.1 Å². The van der Waals surface area contributed by atoms with E-state index in [0.717, 1.165) is 27.9 Å². The number of ether oxygens (including phenoxy) is 1. The Bertz CT molecular complexity index is 1080. The molecule has 2 aromatic carbocycles. The summed E-state index contributed by atoms with van der Waals surface area (Å²) in [6.07, 6.45) is 3.71. The van der Waals surface area contributed by atoms with Gasteiger partial charge >= 0.3 is 0 Å². The lowest BCUT2D eigenvalue weighted by Gasteiger charge is -2.20. The van der Waals surface area contributed by atoms with Gasteiger partial charge in [0.2, 0.25) is 0 Å². The predicted molar refractivity (Wildman–Crippen MR) is 108 cm³/mol. The van der Waals surface area contributed by atoms with Gasteiger partial charge in [0.05, 0.1) is 7.11 Å². The van der Waals surface area contributed by atoms with Crippen LogP contribution in [0.3, 0.4) is 0 Å². The zero-order valence-corrected chi connectivity index (χ0v) is 15.8. The molecule has 27 heavy (non-hydrogen) atoms. The number of methoxy groups -OCH3 is 1. The molecule has 6 heteroatoms. The first-order chi connectivity index (χ1) is 13.2. The molecule has 0 radical (unpaired) electrons. The van der Waals surface area contributed by atoms with Crippen LogP contribution >= 0.6 is 11.6 Å². The van der Waals surface area contributed by atoms with E-state index < -0.39 is 0 Å². The minimum Gasteiger partial charge on any atom is -0.497 e. The van der Waals surface area contributed by atoms with E-state index >= 15 is 0 Å². The Labute approximate surface area is 162 Å². The van der Waals surface area contributed by atoms with Gasteiger partial charge in [-0.15, -0.1) is 0 Å². The van der Waals surface area contributed by atoms with Gasteiger partial charge in [-0.3, -0.25) is 0 Å². The molecule has 0 amide bonds. The molecule has 4 aromatic rings. The molecule has 0 aliphatic heterocycles. The topological polar surface area (TPSA) is 52.0 Å². The minimum absolute atomic E-state index is 0.180. The van der Waals surface area contributed by atoms with E-state index in [1.807, 2.05) is 72.4 Å². The van der Waals surface area contributed by atoms with E-state index in [1.165, 1.54) is 0 Å². The molecule has 0 spiro atoms. The molecule has 1 atom stereocenters. The smallest absolute Gasteiger partial charge is 0.139 e. The zero-order chi connectivity index (χ0) is 18.8. The lowest BCUT2D eigenvalue weighted by Crippen LogP contribution is -2.17. The summed E-state index contributed by atoms with van der Waals surface area (Å²) in [7, 11) is 3.63. The molecule has 0 fully saturated rings. The molecule has 2 heterocycles. The number of nitrogens with one attached hydrogen (secondary N) is 1. The van der Waals surface area contributed by atoms with Crippen molar-refractivity contribution in [2.45, 2.75) is 6.04 Å². The van der Waals surface area contributed by atoms with Crippen molar-refractivity contribution in [3.8, 4) is 5.75 Å². The standard InChI is InChI=1S/C21H19ClN4O/c1-26-12-11-23-21(26)19(14-7-9-16(27-2)10-8-14)24-18-13-15-5-3-4-6-17(15)20(22)25-18/h3-13,19H,1-2H3,(H,24,25). The first-order valence-corrected chi connectivity index (χ1v) is 8.96. The molecule has 2 aromatic heterocycles. The summed E-state index contributed by atoms with van der Waals surface area (Å²) >= 11 is 6.40. The molecular formula is C21H19ClN4O. The summed E-state index contributed by atoms with van der Waals surface area (Å²) in [6, 6.07) is 17.7. The highest BCUT2D eigenvalue weighted by Gasteiger charge is 2.19. The van der Waals surface area contributed by atoms with Gasteiger partial charge < -0.3 is 14.6 Å². The van der Waals surface area contributed by atoms with E-state index in [9.17, 15) is 0 Å². The highest BCUT2D eigenvalue weighted by atomic mass is 35.5. The van der Waals surface area contributed by atoms with Gasteiger partial charge in [0, 0.05) is 24.8 Å². The van der Waals surface area contributed by atoms with Crippen LogP contribution in [-0.2, 0) is 7.05 Å². The maximum atomic E-state index is 6.40. The SMILES string of the molecule is COc1ccc(C(Nc2cc3ccccc3c(Cl)n2)c2nccn2C)cc1. The third-order valence-electron chi connectivity index (χ3n) is 4.55. The van der Waals surface area contributed by atoms with Crippen molar-refractivity contribution in [2.24, 2.45) is 7.05 Å². The van der Waals surface area contributed by atoms with Crippen molar-refractivity contribution in [2.75, 3.05) is 12.4 Å². The Kier molecular flexibility index (Phi) is 4.69. The number of pyridine rings is 1. The molecule has 0 aliphatic rings. The average molecular weight is 379 g/mol. The quantitative estimate of drug-likeness (QED) is 0.505. The number of fused-ring (bicyclic) bond motifs is 1. The number of imidazole rings is 1. The van der Waals surface area contributed by atoms with Crippen molar-refractivity contribution in [1.29, 1.82) is 0 Å². The number of hydrogen-bond donors (Lipinski definition) is 1. The second-order valence-electron chi connectivity index (χ2n) is 6.27. The number of aromatic nitrogens is 3. The molecule has 0 aliphatic carbocycles. The van der Waals surface area contributed by atoms with Gasteiger partial charge in [-0.25, -0.2) is 9.97 Å². The lowest BCUT2D eigenvalue weighted by molar-refractivity contribution is 0.414. The number of aryl methyl sites for hydroxylation is 1. The fourth-order valence-electron chi connectivity index (χ4n) is 3.13. The van der Waals surface area contributed by atoms with E-state index in [0.29, 0.717) is 11.0 Å². The maximum absolute atomic E-state index is 6.40. The first-order valence-electron chi connectivity index (χ1n) is 8.58. The zero-order valence-electron chi connectivity index (χ0n) is 15.1. The second-order valence-corrected chi connectivity index (χ2v) is 6.62. The van der Waals surface area contributed by atoms with Crippen LogP contribution in [0.2, 0.25) is 5.15 Å². The Morgan fingerprint density at radius 2 is 1.89 bits per heavy atom. The molecule has 136 valence electrons. The number of rotatable bonds is 5. The van der Waals surface area contributed by atoms with Crippen molar-refractivity contribution in [3.05, 3.63) is 83.5 Å². The van der Waals surface area contributed by atoms with Crippen LogP contribution in [0.4, 0.5) is 5.82 Å². The summed E-state index contributed by atoms with van der Waals surface area (Å²) in [6.45, 7) is 0. The van der Waals surface area contributed by atoms with Gasteiger partial charge in [0.25, 0.3) is 0 Å². The number of nitrogens with zero attached hydrogens (tertiary/aromatic N) is 3. The van der Waals surface area contributed by atoms with E-state index in [-0.39, 0.29) is 6.04 Å². The molecule has 0 saturated carbocycles. The van der Waals surface area contributed by atoms with E-state index in [2.05, 4.69) is 15.3 Å². The number of halogens is 1. The van der Waals surface area contributed by atoms with Crippen molar-refractivity contribution in [3.63, 3.8) is 0 Å². The van der Waals surface area contributed by atoms with Gasteiger partial charge in [0.1, 0.15) is 28.6 Å². The van der Waals surface area contributed by atoms with Crippen LogP contribution in [0.25, 0.3) is 10.8 Å². The van der Waals surface area contributed by atoms with Crippen LogP contribution in [0.15, 0.2) is 67.0 Å². The van der Waals surface area contributed by atoms with Gasteiger partial charge in [-0.1, -0.05) is 48.0 Å². The van der Waals surface area contributed by atoms with Crippen LogP contribution in [0.1, 0.15) is 17.4 Å². The van der Waals surface area contributed by atoms with Gasteiger partial charge in [0.15, 0.2) is 0 Å². The van der Waals surface area contributed by atoms with Crippen LogP contribution in [-0.4, -0.2) is 21.6 Å². The number of anilines is 1. The van der Waals surface area contributed by atoms with Crippen LogP contribution in [0, 0.1) is 0 Å². The summed E-state index contributed by atoms with van der Waals surface area (Å²) in [5.41, 5.74) is 1.05. The van der Waals surface area contributed by atoms with E-state index in [1.54, 1.807) is 13.3 Å². The Hall–Kier alpha value is -3.05. The normalized spacial score (nSPS) is 12.1. The highest BCUT2D eigenvalue weighted by Crippen LogP contribution is 2.30. The molecule has 5 nitrogen and oxygen atoms in total. The predicted octanol–water partition coefficient (Wildman–Crippen LogP) is 4.83.